The van der Waals surface area contributed by atoms with Gasteiger partial charge in [-0.05, 0) is 25.5 Å². The molecule has 2 rings (SSSR count). The van der Waals surface area contributed by atoms with E-state index >= 15 is 0 Å². The van der Waals surface area contributed by atoms with E-state index in [0.717, 1.165) is 5.56 Å². The van der Waals surface area contributed by atoms with Gasteiger partial charge < -0.3 is 9.64 Å². The van der Waals surface area contributed by atoms with Gasteiger partial charge in [-0.3, -0.25) is 4.79 Å². The highest BCUT2D eigenvalue weighted by atomic mass is 16.5. The van der Waals surface area contributed by atoms with Crippen LogP contribution in [-0.4, -0.2) is 52.1 Å². The molecular formula is C18H24N4O2. The van der Waals surface area contributed by atoms with Gasteiger partial charge in [-0.2, -0.15) is 0 Å². The lowest BCUT2D eigenvalue weighted by molar-refractivity contribution is -0.128. The largest absolute Gasteiger partial charge is 0.383 e. The van der Waals surface area contributed by atoms with Gasteiger partial charge >= 0.3 is 0 Å². The maximum atomic E-state index is 12.3. The molecule has 0 N–H and O–H groups in total. The molecule has 2 aromatic rings. The van der Waals surface area contributed by atoms with Gasteiger partial charge in [0.2, 0.25) is 5.91 Å². The molecule has 0 fully saturated rings. The molecule has 1 aromatic heterocycles. The molecule has 1 aromatic carbocycles. The molecule has 0 spiro atoms. The lowest BCUT2D eigenvalue weighted by Gasteiger charge is -2.26. The van der Waals surface area contributed by atoms with E-state index in [1.807, 2.05) is 50.4 Å². The highest BCUT2D eigenvalue weighted by Crippen LogP contribution is 2.05. The molecule has 128 valence electrons. The second-order valence-corrected chi connectivity index (χ2v) is 5.59. The van der Waals surface area contributed by atoms with Crippen LogP contribution in [0.25, 0.3) is 6.08 Å². The highest BCUT2D eigenvalue weighted by molar-refractivity contribution is 5.91. The number of methoxy groups -OCH3 is 1. The minimum Gasteiger partial charge on any atom is -0.383 e. The number of carbonyl (C=O) groups is 1. The summed E-state index contributed by atoms with van der Waals surface area (Å²) >= 11 is 0. The first kappa shape index (κ1) is 17.9. The predicted octanol–water partition coefficient (Wildman–Crippen LogP) is 2.22. The van der Waals surface area contributed by atoms with Crippen LogP contribution < -0.4 is 0 Å². The van der Waals surface area contributed by atoms with Crippen LogP contribution >= 0.6 is 0 Å². The third kappa shape index (κ3) is 5.03. The van der Waals surface area contributed by atoms with Gasteiger partial charge in [-0.15, -0.1) is 5.10 Å². The number of hydrogen-bond acceptors (Lipinski definition) is 4. The Kier molecular flexibility index (Phi) is 6.69. The number of rotatable bonds is 8. The summed E-state index contributed by atoms with van der Waals surface area (Å²) in [5.74, 6) is -0.0559. The number of likely N-dealkylation sites (N-methyl/N-ethyl adjacent to an activating group) is 1. The summed E-state index contributed by atoms with van der Waals surface area (Å²) in [5, 5.41) is 8.17. The molecule has 1 heterocycles. The molecule has 0 saturated heterocycles. The SMILES string of the molecule is CCN(C(=O)/C=C/c1cn(Cc2ccccc2)nn1)C(C)COC. The lowest BCUT2D eigenvalue weighted by Crippen LogP contribution is -2.39. The van der Waals surface area contributed by atoms with Crippen LogP contribution in [-0.2, 0) is 16.1 Å². The van der Waals surface area contributed by atoms with Crippen LogP contribution in [0.1, 0.15) is 25.1 Å². The number of hydrogen-bond donors (Lipinski definition) is 0. The van der Waals surface area contributed by atoms with Crippen LogP contribution in [0.3, 0.4) is 0 Å². The van der Waals surface area contributed by atoms with Crippen molar-refractivity contribution >= 4 is 12.0 Å². The summed E-state index contributed by atoms with van der Waals surface area (Å²) in [7, 11) is 1.63. The van der Waals surface area contributed by atoms with Gasteiger partial charge in [0, 0.05) is 19.7 Å². The summed E-state index contributed by atoms with van der Waals surface area (Å²) in [5.41, 5.74) is 1.81. The van der Waals surface area contributed by atoms with Gasteiger partial charge in [0.05, 0.1) is 25.4 Å². The van der Waals surface area contributed by atoms with Crippen LogP contribution in [0.4, 0.5) is 0 Å². The zero-order chi connectivity index (χ0) is 17.4. The summed E-state index contributed by atoms with van der Waals surface area (Å²) < 4.78 is 6.87. The number of benzene rings is 1. The number of amides is 1. The number of aromatic nitrogens is 3. The molecule has 0 aliphatic rings. The molecule has 0 radical (unpaired) electrons. The zero-order valence-electron chi connectivity index (χ0n) is 14.4. The van der Waals surface area contributed by atoms with Gasteiger partial charge in [0.15, 0.2) is 0 Å². The maximum absolute atomic E-state index is 12.3. The minimum absolute atomic E-state index is 0.0333. The standard InChI is InChI=1S/C18H24N4O2/c1-4-22(15(2)14-24-3)18(23)11-10-17-13-21(20-19-17)12-16-8-6-5-7-9-16/h5-11,13,15H,4,12,14H2,1-3H3/b11-10+. The average molecular weight is 328 g/mol. The van der Waals surface area contributed by atoms with Gasteiger partial charge in [0.1, 0.15) is 5.69 Å². The van der Waals surface area contributed by atoms with Gasteiger partial charge in [0.25, 0.3) is 0 Å². The molecule has 1 amide bonds. The summed E-state index contributed by atoms with van der Waals surface area (Å²) in [6, 6.07) is 10.1. The first-order valence-electron chi connectivity index (χ1n) is 8.05. The van der Waals surface area contributed by atoms with E-state index in [-0.39, 0.29) is 11.9 Å². The van der Waals surface area contributed by atoms with Crippen molar-refractivity contribution in [3.63, 3.8) is 0 Å². The predicted molar refractivity (Wildman–Crippen MR) is 93.3 cm³/mol. The molecule has 24 heavy (non-hydrogen) atoms. The van der Waals surface area contributed by atoms with E-state index < -0.39 is 0 Å². The van der Waals surface area contributed by atoms with Crippen molar-refractivity contribution in [2.24, 2.45) is 0 Å². The molecule has 1 unspecified atom stereocenters. The van der Waals surface area contributed by atoms with Crippen molar-refractivity contribution < 1.29 is 9.53 Å². The summed E-state index contributed by atoms with van der Waals surface area (Å²) in [6.07, 6.45) is 5.05. The minimum atomic E-state index is -0.0559. The molecule has 6 heteroatoms. The molecular weight excluding hydrogens is 304 g/mol. The van der Waals surface area contributed by atoms with Crippen LogP contribution in [0.5, 0.6) is 0 Å². The lowest BCUT2D eigenvalue weighted by atomic mass is 10.2. The van der Waals surface area contributed by atoms with Crippen LogP contribution in [0, 0.1) is 0 Å². The van der Waals surface area contributed by atoms with Gasteiger partial charge in [-0.25, -0.2) is 4.68 Å². The molecule has 1 atom stereocenters. The molecule has 0 aliphatic heterocycles. The Labute approximate surface area is 142 Å². The summed E-state index contributed by atoms with van der Waals surface area (Å²) in [4.78, 5) is 14.0. The fourth-order valence-electron chi connectivity index (χ4n) is 2.51. The van der Waals surface area contributed by atoms with Crippen molar-refractivity contribution in [2.45, 2.75) is 26.4 Å². The zero-order valence-corrected chi connectivity index (χ0v) is 14.4. The Hall–Kier alpha value is -2.47. The topological polar surface area (TPSA) is 60.2 Å². The van der Waals surface area contributed by atoms with Crippen LogP contribution in [0.15, 0.2) is 42.6 Å². The normalized spacial score (nSPS) is 12.5. The smallest absolute Gasteiger partial charge is 0.246 e. The van der Waals surface area contributed by atoms with Crippen molar-refractivity contribution in [3.8, 4) is 0 Å². The van der Waals surface area contributed by atoms with E-state index in [1.54, 1.807) is 22.8 Å². The Morgan fingerprint density at radius 3 is 2.79 bits per heavy atom. The van der Waals surface area contributed by atoms with Crippen molar-refractivity contribution in [1.29, 1.82) is 0 Å². The Balaban J connectivity index is 1.97. The monoisotopic (exact) mass is 328 g/mol. The van der Waals surface area contributed by atoms with Crippen LogP contribution in [0.2, 0.25) is 0 Å². The molecule has 0 bridgehead atoms. The second-order valence-electron chi connectivity index (χ2n) is 5.59. The fourth-order valence-corrected chi connectivity index (χ4v) is 2.51. The first-order chi connectivity index (χ1) is 11.6. The average Bonchev–Trinajstić information content (AvgIpc) is 3.02. The first-order valence-corrected chi connectivity index (χ1v) is 8.05. The van der Waals surface area contributed by atoms with E-state index in [1.165, 1.54) is 6.08 Å². The number of carbonyl (C=O) groups excluding carboxylic acids is 1. The fraction of sp³-hybridized carbons (Fsp3) is 0.389. The van der Waals surface area contributed by atoms with Crippen molar-refractivity contribution in [1.82, 2.24) is 19.9 Å². The summed E-state index contributed by atoms with van der Waals surface area (Å²) in [6.45, 7) is 5.72. The number of nitrogens with zero attached hydrogens (tertiary/aromatic N) is 4. The number of ether oxygens (including phenoxy) is 1. The third-order valence-electron chi connectivity index (χ3n) is 3.70. The van der Waals surface area contributed by atoms with Gasteiger partial charge in [-0.1, -0.05) is 35.5 Å². The third-order valence-corrected chi connectivity index (χ3v) is 3.70. The van der Waals surface area contributed by atoms with Crippen molar-refractivity contribution in [3.05, 3.63) is 53.9 Å². The van der Waals surface area contributed by atoms with E-state index in [0.29, 0.717) is 25.4 Å². The van der Waals surface area contributed by atoms with Crippen molar-refractivity contribution in [2.75, 3.05) is 20.3 Å². The maximum Gasteiger partial charge on any atom is 0.246 e. The quantitative estimate of drug-likeness (QED) is 0.697. The van der Waals surface area contributed by atoms with E-state index in [9.17, 15) is 4.79 Å². The Bertz CT molecular complexity index is 667. The Morgan fingerprint density at radius 1 is 1.38 bits per heavy atom. The Morgan fingerprint density at radius 2 is 2.12 bits per heavy atom. The molecule has 6 nitrogen and oxygen atoms in total. The highest BCUT2D eigenvalue weighted by Gasteiger charge is 2.15. The molecule has 0 aliphatic carbocycles. The second kappa shape index (κ2) is 8.98. The molecule has 0 saturated carbocycles. The van der Waals surface area contributed by atoms with E-state index in [2.05, 4.69) is 10.3 Å². The van der Waals surface area contributed by atoms with E-state index in [4.69, 9.17) is 4.74 Å².